The van der Waals surface area contributed by atoms with Gasteiger partial charge >= 0.3 is 0 Å². The Bertz CT molecular complexity index is 778. The van der Waals surface area contributed by atoms with Crippen molar-refractivity contribution in [2.45, 2.75) is 13.0 Å². The third kappa shape index (κ3) is 3.14. The molecule has 3 rings (SSSR count). The van der Waals surface area contributed by atoms with E-state index in [1.165, 1.54) is 16.3 Å². The molecule has 0 saturated carbocycles. The number of fused-ring (bicyclic) bond motifs is 1. The van der Waals surface area contributed by atoms with Gasteiger partial charge in [0.05, 0.1) is 0 Å². The normalized spacial score (nSPS) is 12.3. The number of nitrogens with one attached hydrogen (secondary N) is 1. The van der Waals surface area contributed by atoms with Gasteiger partial charge in [-0.1, -0.05) is 58.4 Å². The fraction of sp³-hybridized carbons (Fsp3) is 0.111. The number of halogens is 2. The van der Waals surface area contributed by atoms with Crippen LogP contribution < -0.4 is 5.32 Å². The monoisotopic (exact) mass is 403 g/mol. The molecule has 1 N–H and O–H groups in total. The summed E-state index contributed by atoms with van der Waals surface area (Å²) in [4.78, 5) is 0. The number of hydrogen-bond acceptors (Lipinski definition) is 1. The number of rotatable bonds is 3. The Kier molecular flexibility index (Phi) is 4.32. The highest BCUT2D eigenvalue weighted by molar-refractivity contribution is 9.11. The molecule has 3 aromatic rings. The van der Waals surface area contributed by atoms with Crippen molar-refractivity contribution in [1.29, 1.82) is 0 Å². The third-order valence-electron chi connectivity index (χ3n) is 3.59. The van der Waals surface area contributed by atoms with Crippen LogP contribution in [0.3, 0.4) is 0 Å². The van der Waals surface area contributed by atoms with Gasteiger partial charge in [0.15, 0.2) is 0 Å². The lowest BCUT2D eigenvalue weighted by Crippen LogP contribution is -2.07. The van der Waals surface area contributed by atoms with Crippen molar-refractivity contribution in [3.63, 3.8) is 0 Å². The summed E-state index contributed by atoms with van der Waals surface area (Å²) in [7, 11) is 0. The molecular formula is C18H15Br2N. The van der Waals surface area contributed by atoms with Gasteiger partial charge in [0.25, 0.3) is 0 Å². The van der Waals surface area contributed by atoms with Gasteiger partial charge in [0, 0.05) is 20.7 Å². The second kappa shape index (κ2) is 6.20. The van der Waals surface area contributed by atoms with E-state index in [-0.39, 0.29) is 6.04 Å². The lowest BCUT2D eigenvalue weighted by Gasteiger charge is -2.19. The molecule has 3 heteroatoms. The van der Waals surface area contributed by atoms with Crippen molar-refractivity contribution in [1.82, 2.24) is 0 Å². The van der Waals surface area contributed by atoms with E-state index in [9.17, 15) is 0 Å². The first-order chi connectivity index (χ1) is 10.1. The van der Waals surface area contributed by atoms with Crippen LogP contribution in [0.4, 0.5) is 5.69 Å². The highest BCUT2D eigenvalue weighted by Gasteiger charge is 2.10. The summed E-state index contributed by atoms with van der Waals surface area (Å²) in [5, 5.41) is 6.15. The van der Waals surface area contributed by atoms with Crippen molar-refractivity contribution in [2.75, 3.05) is 5.32 Å². The second-order valence-corrected chi connectivity index (χ2v) is 6.83. The second-order valence-electron chi connectivity index (χ2n) is 5.06. The molecule has 0 aliphatic rings. The van der Waals surface area contributed by atoms with E-state index in [2.05, 4.69) is 98.7 Å². The summed E-state index contributed by atoms with van der Waals surface area (Å²) >= 11 is 7.09. The number of anilines is 1. The zero-order valence-electron chi connectivity index (χ0n) is 11.6. The smallest absolute Gasteiger partial charge is 0.0492 e. The van der Waals surface area contributed by atoms with Crippen LogP contribution in [0.15, 0.2) is 69.6 Å². The largest absolute Gasteiger partial charge is 0.378 e. The Balaban J connectivity index is 1.95. The maximum Gasteiger partial charge on any atom is 0.0492 e. The third-order valence-corrected chi connectivity index (χ3v) is 4.74. The SMILES string of the molecule is CC(Nc1ccc(Br)cc1Br)c1cccc2ccccc12. The first-order valence-corrected chi connectivity index (χ1v) is 8.43. The molecule has 0 aliphatic heterocycles. The molecular weight excluding hydrogens is 390 g/mol. The standard InChI is InChI=1S/C18H15Br2N/c1-12(21-18-10-9-14(19)11-17(18)20)15-8-4-6-13-5-2-3-7-16(13)15/h2-12,21H,1H3. The quantitative estimate of drug-likeness (QED) is 0.522. The van der Waals surface area contributed by atoms with Crippen molar-refractivity contribution in [3.05, 3.63) is 75.2 Å². The highest BCUT2D eigenvalue weighted by atomic mass is 79.9. The molecule has 3 aromatic carbocycles. The van der Waals surface area contributed by atoms with Gasteiger partial charge in [-0.15, -0.1) is 0 Å². The summed E-state index contributed by atoms with van der Waals surface area (Å²) in [6.07, 6.45) is 0. The van der Waals surface area contributed by atoms with E-state index in [1.54, 1.807) is 0 Å². The van der Waals surface area contributed by atoms with Gasteiger partial charge in [-0.3, -0.25) is 0 Å². The summed E-state index contributed by atoms with van der Waals surface area (Å²) in [5.41, 5.74) is 2.40. The zero-order valence-corrected chi connectivity index (χ0v) is 14.8. The van der Waals surface area contributed by atoms with Gasteiger partial charge in [-0.05, 0) is 57.4 Å². The maximum absolute atomic E-state index is 3.61. The van der Waals surface area contributed by atoms with Crippen LogP contribution in [0.1, 0.15) is 18.5 Å². The molecule has 21 heavy (non-hydrogen) atoms. The zero-order chi connectivity index (χ0) is 14.8. The van der Waals surface area contributed by atoms with Crippen LogP contribution in [-0.2, 0) is 0 Å². The molecule has 0 heterocycles. The van der Waals surface area contributed by atoms with Crippen LogP contribution in [0.2, 0.25) is 0 Å². The minimum atomic E-state index is 0.230. The van der Waals surface area contributed by atoms with Crippen molar-refractivity contribution >= 4 is 48.3 Å². The molecule has 106 valence electrons. The van der Waals surface area contributed by atoms with E-state index in [1.807, 2.05) is 6.07 Å². The molecule has 1 unspecified atom stereocenters. The molecule has 0 radical (unpaired) electrons. The van der Waals surface area contributed by atoms with E-state index < -0.39 is 0 Å². The van der Waals surface area contributed by atoms with Crippen LogP contribution in [0, 0.1) is 0 Å². The Labute approximate surface area is 141 Å². The summed E-state index contributed by atoms with van der Waals surface area (Å²) in [5.74, 6) is 0. The minimum Gasteiger partial charge on any atom is -0.378 e. The molecule has 0 bridgehead atoms. The van der Waals surface area contributed by atoms with Gasteiger partial charge in [-0.25, -0.2) is 0 Å². The van der Waals surface area contributed by atoms with Gasteiger partial charge < -0.3 is 5.32 Å². The topological polar surface area (TPSA) is 12.0 Å². The van der Waals surface area contributed by atoms with Crippen LogP contribution >= 0.6 is 31.9 Å². The summed E-state index contributed by atoms with van der Waals surface area (Å²) in [6, 6.07) is 21.4. The Morgan fingerprint density at radius 3 is 2.48 bits per heavy atom. The van der Waals surface area contributed by atoms with Crippen molar-refractivity contribution in [2.24, 2.45) is 0 Å². The molecule has 0 aliphatic carbocycles. The fourth-order valence-corrected chi connectivity index (χ4v) is 3.71. The van der Waals surface area contributed by atoms with E-state index in [4.69, 9.17) is 0 Å². The Morgan fingerprint density at radius 1 is 0.905 bits per heavy atom. The average Bonchev–Trinajstić information content (AvgIpc) is 2.49. The van der Waals surface area contributed by atoms with Crippen molar-refractivity contribution < 1.29 is 0 Å². The number of hydrogen-bond donors (Lipinski definition) is 1. The summed E-state index contributed by atoms with van der Waals surface area (Å²) in [6.45, 7) is 2.19. The number of benzene rings is 3. The Morgan fingerprint density at radius 2 is 1.67 bits per heavy atom. The van der Waals surface area contributed by atoms with Crippen LogP contribution in [0.25, 0.3) is 10.8 Å². The molecule has 0 fully saturated rings. The first-order valence-electron chi connectivity index (χ1n) is 6.84. The first kappa shape index (κ1) is 14.6. The minimum absolute atomic E-state index is 0.230. The van der Waals surface area contributed by atoms with E-state index >= 15 is 0 Å². The predicted octanol–water partition coefficient (Wildman–Crippen LogP) is 6.54. The van der Waals surface area contributed by atoms with Gasteiger partial charge in [0.2, 0.25) is 0 Å². The maximum atomic E-state index is 3.61. The van der Waals surface area contributed by atoms with E-state index in [0.717, 1.165) is 14.6 Å². The molecule has 0 spiro atoms. The van der Waals surface area contributed by atoms with Crippen LogP contribution in [0.5, 0.6) is 0 Å². The summed E-state index contributed by atoms with van der Waals surface area (Å²) < 4.78 is 2.13. The predicted molar refractivity (Wildman–Crippen MR) is 97.8 cm³/mol. The van der Waals surface area contributed by atoms with Crippen molar-refractivity contribution in [3.8, 4) is 0 Å². The fourth-order valence-electron chi connectivity index (χ4n) is 2.55. The molecule has 0 saturated heterocycles. The van der Waals surface area contributed by atoms with Crippen LogP contribution in [-0.4, -0.2) is 0 Å². The van der Waals surface area contributed by atoms with E-state index in [0.29, 0.717) is 0 Å². The lowest BCUT2D eigenvalue weighted by atomic mass is 9.99. The Hall–Kier alpha value is -1.32. The average molecular weight is 405 g/mol. The highest BCUT2D eigenvalue weighted by Crippen LogP contribution is 2.31. The molecule has 1 nitrogen and oxygen atoms in total. The molecule has 0 aromatic heterocycles. The molecule has 0 amide bonds. The molecule has 1 atom stereocenters. The lowest BCUT2D eigenvalue weighted by molar-refractivity contribution is 0.893. The van der Waals surface area contributed by atoms with Gasteiger partial charge in [-0.2, -0.15) is 0 Å². The van der Waals surface area contributed by atoms with Gasteiger partial charge in [0.1, 0.15) is 0 Å².